The van der Waals surface area contributed by atoms with Gasteiger partial charge in [0.15, 0.2) is 0 Å². The highest BCUT2D eigenvalue weighted by molar-refractivity contribution is 9.10. The van der Waals surface area contributed by atoms with Crippen LogP contribution in [-0.2, 0) is 4.79 Å². The van der Waals surface area contributed by atoms with Crippen LogP contribution in [0.3, 0.4) is 0 Å². The summed E-state index contributed by atoms with van der Waals surface area (Å²) in [6.07, 6.45) is 1.61. The number of carboxylic acid groups (broad SMARTS) is 1. The molecular weight excluding hydrogens is 312 g/mol. The van der Waals surface area contributed by atoms with Gasteiger partial charge in [0.1, 0.15) is 6.04 Å². The van der Waals surface area contributed by atoms with Crippen LogP contribution in [0, 0.1) is 6.92 Å². The van der Waals surface area contributed by atoms with Crippen molar-refractivity contribution in [1.29, 1.82) is 0 Å². The Bertz CT molecular complexity index is 503. The lowest BCUT2D eigenvalue weighted by molar-refractivity contribution is -0.139. The van der Waals surface area contributed by atoms with Crippen LogP contribution in [-0.4, -0.2) is 23.1 Å². The van der Waals surface area contributed by atoms with E-state index in [-0.39, 0.29) is 6.42 Å². The molecule has 102 valence electrons. The van der Waals surface area contributed by atoms with Gasteiger partial charge < -0.3 is 15.7 Å². The normalized spacial score (nSPS) is 11.5. The second-order valence-corrected chi connectivity index (χ2v) is 4.74. The summed E-state index contributed by atoms with van der Waals surface area (Å²) in [6, 6.07) is 3.86. The summed E-state index contributed by atoms with van der Waals surface area (Å²) in [7, 11) is 0. The van der Waals surface area contributed by atoms with E-state index in [2.05, 4.69) is 33.1 Å². The molecule has 0 fully saturated rings. The van der Waals surface area contributed by atoms with Crippen molar-refractivity contribution in [2.75, 3.05) is 5.32 Å². The highest BCUT2D eigenvalue weighted by atomic mass is 79.9. The highest BCUT2D eigenvalue weighted by Crippen LogP contribution is 2.25. The second kappa shape index (κ2) is 6.94. The number of hydrogen-bond acceptors (Lipinski definition) is 2. The molecule has 1 aromatic carbocycles. The molecule has 3 N–H and O–H groups in total. The van der Waals surface area contributed by atoms with Crippen molar-refractivity contribution in [3.63, 3.8) is 0 Å². The van der Waals surface area contributed by atoms with Gasteiger partial charge in [-0.25, -0.2) is 9.59 Å². The maximum absolute atomic E-state index is 11.7. The summed E-state index contributed by atoms with van der Waals surface area (Å²) in [5.74, 6) is -1.10. The predicted molar refractivity (Wildman–Crippen MR) is 77.3 cm³/mol. The van der Waals surface area contributed by atoms with Crippen molar-refractivity contribution < 1.29 is 14.7 Å². The average molecular weight is 327 g/mol. The lowest BCUT2D eigenvalue weighted by Crippen LogP contribution is -2.42. The van der Waals surface area contributed by atoms with E-state index in [9.17, 15) is 9.59 Å². The van der Waals surface area contributed by atoms with Crippen molar-refractivity contribution in [1.82, 2.24) is 5.32 Å². The van der Waals surface area contributed by atoms with Gasteiger partial charge in [0.25, 0.3) is 0 Å². The van der Waals surface area contributed by atoms with Crippen LogP contribution in [0.4, 0.5) is 10.5 Å². The van der Waals surface area contributed by atoms with Gasteiger partial charge in [-0.15, -0.1) is 6.58 Å². The Labute approximate surface area is 119 Å². The van der Waals surface area contributed by atoms with Crippen LogP contribution >= 0.6 is 15.9 Å². The van der Waals surface area contributed by atoms with Crippen molar-refractivity contribution >= 4 is 33.6 Å². The van der Waals surface area contributed by atoms with E-state index in [0.29, 0.717) is 5.69 Å². The molecule has 0 saturated heterocycles. The van der Waals surface area contributed by atoms with Gasteiger partial charge in [0.05, 0.1) is 5.69 Å². The minimum atomic E-state index is -1.10. The molecule has 0 aliphatic carbocycles. The third-order valence-corrected chi connectivity index (χ3v) is 3.50. The molecule has 0 radical (unpaired) electrons. The molecule has 6 heteroatoms. The second-order valence-electron chi connectivity index (χ2n) is 3.95. The summed E-state index contributed by atoms with van der Waals surface area (Å²) < 4.78 is 0.765. The molecular formula is C13H15BrN2O3. The first-order chi connectivity index (χ1) is 8.95. The van der Waals surface area contributed by atoms with E-state index in [1.165, 1.54) is 6.08 Å². The monoisotopic (exact) mass is 326 g/mol. The molecule has 1 aromatic rings. The van der Waals surface area contributed by atoms with E-state index in [1.54, 1.807) is 12.1 Å². The third-order valence-electron chi connectivity index (χ3n) is 2.45. The van der Waals surface area contributed by atoms with Crippen LogP contribution in [0.5, 0.6) is 0 Å². The molecule has 19 heavy (non-hydrogen) atoms. The van der Waals surface area contributed by atoms with Gasteiger partial charge in [0, 0.05) is 4.47 Å². The van der Waals surface area contributed by atoms with Gasteiger partial charge in [-0.3, -0.25) is 0 Å². The van der Waals surface area contributed by atoms with Crippen molar-refractivity contribution in [3.05, 3.63) is 40.9 Å². The SMILES string of the molecule is C=CCC(NC(=O)Nc1cccc(C)c1Br)C(=O)O. The number of aliphatic carboxylic acids is 1. The number of hydrogen-bond donors (Lipinski definition) is 3. The van der Waals surface area contributed by atoms with E-state index in [1.807, 2.05) is 13.0 Å². The smallest absolute Gasteiger partial charge is 0.326 e. The summed E-state index contributed by atoms with van der Waals surface area (Å²) in [5.41, 5.74) is 1.55. The number of carbonyl (C=O) groups is 2. The number of amides is 2. The maximum atomic E-state index is 11.7. The number of halogens is 1. The van der Waals surface area contributed by atoms with Crippen molar-refractivity contribution in [2.24, 2.45) is 0 Å². The van der Waals surface area contributed by atoms with E-state index in [4.69, 9.17) is 5.11 Å². The number of benzene rings is 1. The molecule has 1 rings (SSSR count). The molecule has 1 unspecified atom stereocenters. The van der Waals surface area contributed by atoms with E-state index in [0.717, 1.165) is 10.0 Å². The molecule has 0 bridgehead atoms. The maximum Gasteiger partial charge on any atom is 0.326 e. The largest absolute Gasteiger partial charge is 0.480 e. The number of rotatable bonds is 5. The van der Waals surface area contributed by atoms with Gasteiger partial charge in [-0.2, -0.15) is 0 Å². The zero-order valence-corrected chi connectivity index (χ0v) is 12.0. The Balaban J connectivity index is 2.71. The van der Waals surface area contributed by atoms with Gasteiger partial charge in [-0.1, -0.05) is 18.2 Å². The van der Waals surface area contributed by atoms with E-state index >= 15 is 0 Å². The molecule has 0 heterocycles. The number of urea groups is 1. The molecule has 0 aliphatic rings. The van der Waals surface area contributed by atoms with Crippen LogP contribution in [0.2, 0.25) is 0 Å². The number of carboxylic acids is 1. The number of carbonyl (C=O) groups excluding carboxylic acids is 1. The van der Waals surface area contributed by atoms with Crippen LogP contribution in [0.25, 0.3) is 0 Å². The van der Waals surface area contributed by atoms with Crippen molar-refractivity contribution in [2.45, 2.75) is 19.4 Å². The van der Waals surface area contributed by atoms with Gasteiger partial charge in [-0.05, 0) is 40.9 Å². The zero-order valence-electron chi connectivity index (χ0n) is 10.4. The molecule has 0 aliphatic heterocycles. The van der Waals surface area contributed by atoms with Crippen LogP contribution in [0.1, 0.15) is 12.0 Å². The summed E-state index contributed by atoms with van der Waals surface area (Å²) >= 11 is 3.36. The molecule has 2 amide bonds. The Morgan fingerprint density at radius 1 is 1.53 bits per heavy atom. The summed E-state index contributed by atoms with van der Waals surface area (Å²) in [6.45, 7) is 5.35. The predicted octanol–water partition coefficient (Wildman–Crippen LogP) is 2.91. The number of aryl methyl sites for hydroxylation is 1. The number of nitrogens with one attached hydrogen (secondary N) is 2. The lowest BCUT2D eigenvalue weighted by Gasteiger charge is -2.14. The topological polar surface area (TPSA) is 78.4 Å². The minimum absolute atomic E-state index is 0.164. The average Bonchev–Trinajstić information content (AvgIpc) is 2.34. The number of anilines is 1. The fourth-order valence-electron chi connectivity index (χ4n) is 1.45. The van der Waals surface area contributed by atoms with Crippen LogP contribution in [0.15, 0.2) is 35.3 Å². The fraction of sp³-hybridized carbons (Fsp3) is 0.231. The first kappa shape index (κ1) is 15.2. The minimum Gasteiger partial charge on any atom is -0.480 e. The zero-order chi connectivity index (χ0) is 14.4. The van der Waals surface area contributed by atoms with Gasteiger partial charge in [0.2, 0.25) is 0 Å². The molecule has 1 atom stereocenters. The Morgan fingerprint density at radius 2 is 2.21 bits per heavy atom. The Hall–Kier alpha value is -1.82. The molecule has 0 spiro atoms. The molecule has 0 saturated carbocycles. The fourth-order valence-corrected chi connectivity index (χ4v) is 1.81. The first-order valence-electron chi connectivity index (χ1n) is 5.62. The van der Waals surface area contributed by atoms with Crippen LogP contribution < -0.4 is 10.6 Å². The van der Waals surface area contributed by atoms with E-state index < -0.39 is 18.0 Å². The van der Waals surface area contributed by atoms with Gasteiger partial charge >= 0.3 is 12.0 Å². The standard InChI is InChI=1S/C13H15BrN2O3/c1-3-5-10(12(17)18)16-13(19)15-9-7-4-6-8(2)11(9)14/h3-4,6-7,10H,1,5H2,2H3,(H,17,18)(H2,15,16,19). The highest BCUT2D eigenvalue weighted by Gasteiger charge is 2.18. The lowest BCUT2D eigenvalue weighted by atomic mass is 10.2. The quantitative estimate of drug-likeness (QED) is 0.728. The molecule has 0 aromatic heterocycles. The molecule has 5 nitrogen and oxygen atoms in total. The third kappa shape index (κ3) is 4.40. The Morgan fingerprint density at radius 3 is 2.79 bits per heavy atom. The summed E-state index contributed by atoms with van der Waals surface area (Å²) in [4.78, 5) is 22.6. The first-order valence-corrected chi connectivity index (χ1v) is 6.41. The summed E-state index contributed by atoms with van der Waals surface area (Å²) in [5, 5.41) is 13.9. The van der Waals surface area contributed by atoms with Crippen molar-refractivity contribution in [3.8, 4) is 0 Å². The Kier molecular flexibility index (Phi) is 5.57.